The second-order valence-electron chi connectivity index (χ2n) is 6.31. The molecule has 0 spiro atoms. The number of hydrogen-bond donors (Lipinski definition) is 0. The molecular weight excluding hydrogens is 342 g/mol. The summed E-state index contributed by atoms with van der Waals surface area (Å²) >= 11 is 0. The molecule has 0 bridgehead atoms. The summed E-state index contributed by atoms with van der Waals surface area (Å²) in [4.78, 5) is 30.0. The molecule has 0 unspecified atom stereocenters. The summed E-state index contributed by atoms with van der Waals surface area (Å²) in [6.45, 7) is 1.88. The van der Waals surface area contributed by atoms with E-state index in [0.29, 0.717) is 33.8 Å². The van der Waals surface area contributed by atoms with Crippen LogP contribution < -0.4 is 9.47 Å². The molecule has 0 atom stereocenters. The fraction of sp³-hybridized carbons (Fsp3) is 0.136. The molecule has 0 radical (unpaired) electrons. The smallest absolute Gasteiger partial charge is 0.194 e. The zero-order valence-corrected chi connectivity index (χ0v) is 15.2. The van der Waals surface area contributed by atoms with Crippen molar-refractivity contribution >= 4 is 27.9 Å². The van der Waals surface area contributed by atoms with E-state index < -0.39 is 0 Å². The first-order chi connectivity index (χ1) is 13.0. The average Bonchev–Trinajstić information content (AvgIpc) is 2.70. The van der Waals surface area contributed by atoms with E-state index in [1.54, 1.807) is 44.7 Å². The number of aryl methyl sites for hydroxylation is 1. The topological polar surface area (TPSA) is 65.5 Å². The number of hydrogen-bond acceptors (Lipinski definition) is 5. The number of carbonyl (C=O) groups excluding carboxylic acids is 2. The van der Waals surface area contributed by atoms with Gasteiger partial charge in [0.15, 0.2) is 23.1 Å². The van der Waals surface area contributed by atoms with Gasteiger partial charge in [-0.05, 0) is 30.5 Å². The van der Waals surface area contributed by atoms with Crippen LogP contribution in [0.25, 0.3) is 16.3 Å². The number of ketones is 2. The standard InChI is InChI=1S/C22H17NO4/c1-12-15-9-20(26-2)21(27-3)10-16(15)18(11-23-12)17-8-19(24)13-6-4-5-7-14(13)22(17)25/h4-11H,1-3H3. The summed E-state index contributed by atoms with van der Waals surface area (Å²) in [5.74, 6) is 0.756. The van der Waals surface area contributed by atoms with Crippen LogP contribution in [0.2, 0.25) is 0 Å². The number of fused-ring (bicyclic) bond motifs is 2. The summed E-state index contributed by atoms with van der Waals surface area (Å²) in [5, 5.41) is 1.62. The summed E-state index contributed by atoms with van der Waals surface area (Å²) in [5.41, 5.74) is 2.57. The van der Waals surface area contributed by atoms with Gasteiger partial charge in [-0.2, -0.15) is 0 Å². The first-order valence-corrected chi connectivity index (χ1v) is 8.46. The zero-order valence-electron chi connectivity index (χ0n) is 15.2. The molecule has 0 aliphatic heterocycles. The Balaban J connectivity index is 1.99. The van der Waals surface area contributed by atoms with Crippen LogP contribution >= 0.6 is 0 Å². The molecule has 1 aliphatic carbocycles. The van der Waals surface area contributed by atoms with Crippen molar-refractivity contribution in [3.05, 3.63) is 71.1 Å². The highest BCUT2D eigenvalue weighted by atomic mass is 16.5. The Bertz CT molecular complexity index is 1140. The molecule has 134 valence electrons. The molecule has 1 aromatic heterocycles. The van der Waals surface area contributed by atoms with Crippen LogP contribution in [0.15, 0.2) is 48.7 Å². The molecule has 3 aromatic rings. The predicted octanol–water partition coefficient (Wildman–Crippen LogP) is 4.02. The highest BCUT2D eigenvalue weighted by molar-refractivity contribution is 6.39. The molecule has 1 heterocycles. The Labute approximate surface area is 156 Å². The van der Waals surface area contributed by atoms with Gasteiger partial charge >= 0.3 is 0 Å². The van der Waals surface area contributed by atoms with Crippen molar-refractivity contribution in [3.8, 4) is 11.5 Å². The van der Waals surface area contributed by atoms with Crippen molar-refractivity contribution in [1.82, 2.24) is 4.98 Å². The van der Waals surface area contributed by atoms with E-state index in [2.05, 4.69) is 4.98 Å². The maximum Gasteiger partial charge on any atom is 0.194 e. The molecular formula is C22H17NO4. The van der Waals surface area contributed by atoms with Gasteiger partial charge in [-0.1, -0.05) is 24.3 Å². The normalized spacial score (nSPS) is 13.4. The van der Waals surface area contributed by atoms with E-state index >= 15 is 0 Å². The Hall–Kier alpha value is -3.47. The number of allylic oxidation sites excluding steroid dienone is 2. The van der Waals surface area contributed by atoms with Gasteiger partial charge in [-0.15, -0.1) is 0 Å². The Morgan fingerprint density at radius 3 is 2.15 bits per heavy atom. The number of ether oxygens (including phenoxy) is 2. The maximum absolute atomic E-state index is 13.1. The van der Waals surface area contributed by atoms with Crippen molar-refractivity contribution in [2.75, 3.05) is 14.2 Å². The highest BCUT2D eigenvalue weighted by Crippen LogP contribution is 2.38. The van der Waals surface area contributed by atoms with E-state index in [-0.39, 0.29) is 11.6 Å². The van der Waals surface area contributed by atoms with Gasteiger partial charge in [0, 0.05) is 39.5 Å². The van der Waals surface area contributed by atoms with Crippen molar-refractivity contribution in [1.29, 1.82) is 0 Å². The minimum absolute atomic E-state index is 0.186. The fourth-order valence-corrected chi connectivity index (χ4v) is 3.43. The Morgan fingerprint density at radius 2 is 1.48 bits per heavy atom. The van der Waals surface area contributed by atoms with E-state index in [9.17, 15) is 9.59 Å². The van der Waals surface area contributed by atoms with Gasteiger partial charge in [0.05, 0.1) is 14.2 Å². The van der Waals surface area contributed by atoms with Crippen molar-refractivity contribution in [2.45, 2.75) is 6.92 Å². The first kappa shape index (κ1) is 17.0. The van der Waals surface area contributed by atoms with Crippen molar-refractivity contribution in [2.24, 2.45) is 0 Å². The molecule has 5 nitrogen and oxygen atoms in total. The van der Waals surface area contributed by atoms with Gasteiger partial charge in [-0.3, -0.25) is 14.6 Å². The third-order valence-electron chi connectivity index (χ3n) is 4.84. The highest BCUT2D eigenvalue weighted by Gasteiger charge is 2.27. The fourth-order valence-electron chi connectivity index (χ4n) is 3.43. The molecule has 0 saturated heterocycles. The van der Waals surface area contributed by atoms with Crippen LogP contribution in [0.5, 0.6) is 11.5 Å². The zero-order chi connectivity index (χ0) is 19.1. The quantitative estimate of drug-likeness (QED) is 0.707. The summed E-state index contributed by atoms with van der Waals surface area (Å²) < 4.78 is 10.8. The third-order valence-corrected chi connectivity index (χ3v) is 4.84. The predicted molar refractivity (Wildman–Crippen MR) is 103 cm³/mol. The molecule has 5 heteroatoms. The maximum atomic E-state index is 13.1. The number of benzene rings is 2. The summed E-state index contributed by atoms with van der Waals surface area (Å²) in [6, 6.07) is 10.5. The lowest BCUT2D eigenvalue weighted by Crippen LogP contribution is -2.16. The third kappa shape index (κ3) is 2.59. The molecule has 0 N–H and O–H groups in total. The van der Waals surface area contributed by atoms with Crippen LogP contribution in [0.4, 0.5) is 0 Å². The van der Waals surface area contributed by atoms with Crippen LogP contribution in [0.1, 0.15) is 32.0 Å². The SMILES string of the molecule is COc1cc2c(C3=CC(=O)c4ccccc4C3=O)cnc(C)c2cc1OC. The lowest BCUT2D eigenvalue weighted by molar-refractivity contribution is 0.100. The monoisotopic (exact) mass is 359 g/mol. The van der Waals surface area contributed by atoms with Crippen LogP contribution in [0, 0.1) is 6.92 Å². The number of nitrogens with zero attached hydrogens (tertiary/aromatic N) is 1. The molecule has 2 aromatic carbocycles. The number of aromatic nitrogens is 1. The van der Waals surface area contributed by atoms with Gasteiger partial charge in [-0.25, -0.2) is 0 Å². The minimum Gasteiger partial charge on any atom is -0.493 e. The summed E-state index contributed by atoms with van der Waals surface area (Å²) in [7, 11) is 3.13. The van der Waals surface area contributed by atoms with Gasteiger partial charge in [0.2, 0.25) is 0 Å². The second kappa shape index (κ2) is 6.36. The van der Waals surface area contributed by atoms with E-state index in [1.807, 2.05) is 19.1 Å². The number of carbonyl (C=O) groups is 2. The number of Topliss-reactive ketones (excluding diaryl/α,β-unsaturated/α-hetero) is 1. The second-order valence-corrected chi connectivity index (χ2v) is 6.31. The lowest BCUT2D eigenvalue weighted by Gasteiger charge is -2.18. The first-order valence-electron chi connectivity index (χ1n) is 8.46. The van der Waals surface area contributed by atoms with Crippen molar-refractivity contribution in [3.63, 3.8) is 0 Å². The van der Waals surface area contributed by atoms with Crippen LogP contribution in [-0.2, 0) is 0 Å². The van der Waals surface area contributed by atoms with Gasteiger partial charge in [0.1, 0.15) is 0 Å². The molecule has 0 saturated carbocycles. The molecule has 0 fully saturated rings. The van der Waals surface area contributed by atoms with Gasteiger partial charge in [0.25, 0.3) is 0 Å². The summed E-state index contributed by atoms with van der Waals surface area (Å²) in [6.07, 6.45) is 3.03. The molecule has 0 amide bonds. The van der Waals surface area contributed by atoms with Crippen molar-refractivity contribution < 1.29 is 19.1 Å². The van der Waals surface area contributed by atoms with E-state index in [1.165, 1.54) is 6.08 Å². The average molecular weight is 359 g/mol. The largest absolute Gasteiger partial charge is 0.493 e. The Kier molecular flexibility index (Phi) is 4.00. The molecule has 4 rings (SSSR count). The van der Waals surface area contributed by atoms with Crippen LogP contribution in [0.3, 0.4) is 0 Å². The molecule has 1 aliphatic rings. The van der Waals surface area contributed by atoms with Gasteiger partial charge < -0.3 is 9.47 Å². The Morgan fingerprint density at radius 1 is 0.852 bits per heavy atom. The lowest BCUT2D eigenvalue weighted by atomic mass is 9.85. The number of pyridine rings is 1. The minimum atomic E-state index is -0.188. The number of methoxy groups -OCH3 is 2. The molecule has 27 heavy (non-hydrogen) atoms. The number of rotatable bonds is 3. The van der Waals surface area contributed by atoms with Crippen LogP contribution in [-0.4, -0.2) is 30.8 Å². The van der Waals surface area contributed by atoms with E-state index in [0.717, 1.165) is 16.5 Å². The van der Waals surface area contributed by atoms with E-state index in [4.69, 9.17) is 9.47 Å².